The molecule has 1 unspecified atom stereocenters. The Bertz CT molecular complexity index is 2240. The van der Waals surface area contributed by atoms with E-state index < -0.39 is 0 Å². The predicted molar refractivity (Wildman–Crippen MR) is 205 cm³/mol. The van der Waals surface area contributed by atoms with Gasteiger partial charge in [0.15, 0.2) is 5.71 Å². The summed E-state index contributed by atoms with van der Waals surface area (Å²) >= 11 is 0. The minimum absolute atomic E-state index is 0.0260. The number of hydrogen-bond donors (Lipinski definition) is 0. The van der Waals surface area contributed by atoms with Crippen molar-refractivity contribution >= 4 is 38.6 Å². The lowest BCUT2D eigenvalue weighted by Gasteiger charge is -2.34. The summed E-state index contributed by atoms with van der Waals surface area (Å²) < 4.78 is 2.48. The van der Waals surface area contributed by atoms with Crippen molar-refractivity contribution in [2.24, 2.45) is 0 Å². The summed E-state index contributed by atoms with van der Waals surface area (Å²) in [5.74, 6) is 0. The third kappa shape index (κ3) is 4.80. The molecule has 0 radical (unpaired) electrons. The average Bonchev–Trinajstić information content (AvgIpc) is 3.53. The molecule has 3 heteroatoms. The van der Waals surface area contributed by atoms with Crippen LogP contribution in [0.4, 0.5) is 11.4 Å². The molecule has 1 spiro atoms. The van der Waals surface area contributed by atoms with Gasteiger partial charge in [-0.25, -0.2) is 0 Å². The number of hydrogen-bond acceptors (Lipinski definition) is 2. The van der Waals surface area contributed by atoms with Gasteiger partial charge in [-0.05, 0) is 95.6 Å². The first-order valence-electron chi connectivity index (χ1n) is 18.0. The summed E-state index contributed by atoms with van der Waals surface area (Å²) in [6.45, 7) is 7.45. The molecule has 0 bridgehead atoms. The summed E-state index contributed by atoms with van der Waals surface area (Å²) in [6.07, 6.45) is 17.1. The van der Waals surface area contributed by atoms with Gasteiger partial charge in [0.2, 0.25) is 5.69 Å². The Hall–Kier alpha value is -5.20. The summed E-state index contributed by atoms with van der Waals surface area (Å²) in [4.78, 5) is 2.53. The Morgan fingerprint density at radius 3 is 2.18 bits per heavy atom. The molecular formula is C46H44N3+. The molecule has 3 aliphatic rings. The number of rotatable bonds is 7. The molecule has 8 rings (SSSR count). The van der Waals surface area contributed by atoms with E-state index in [1.165, 1.54) is 93.1 Å². The minimum Gasteiger partial charge on any atom is -0.344 e. The molecule has 0 aromatic heterocycles. The summed E-state index contributed by atoms with van der Waals surface area (Å²) in [7, 11) is 2.27. The molecule has 2 heterocycles. The topological polar surface area (TPSA) is 30.0 Å². The quantitative estimate of drug-likeness (QED) is 0.131. The van der Waals surface area contributed by atoms with Crippen LogP contribution in [0.5, 0.6) is 0 Å². The van der Waals surface area contributed by atoms with Crippen LogP contribution in [-0.4, -0.2) is 23.9 Å². The van der Waals surface area contributed by atoms with Gasteiger partial charge >= 0.3 is 0 Å². The molecule has 1 saturated carbocycles. The van der Waals surface area contributed by atoms with Crippen molar-refractivity contribution in [3.8, 4) is 6.07 Å². The Balaban J connectivity index is 1.30. The van der Waals surface area contributed by atoms with Gasteiger partial charge < -0.3 is 4.90 Å². The zero-order chi connectivity index (χ0) is 33.6. The van der Waals surface area contributed by atoms with E-state index in [9.17, 15) is 5.26 Å². The van der Waals surface area contributed by atoms with Crippen molar-refractivity contribution in [3.05, 3.63) is 156 Å². The Labute approximate surface area is 290 Å². The van der Waals surface area contributed by atoms with E-state index >= 15 is 0 Å². The van der Waals surface area contributed by atoms with E-state index in [-0.39, 0.29) is 10.8 Å². The minimum atomic E-state index is -0.319. The predicted octanol–water partition coefficient (Wildman–Crippen LogP) is 10.8. The highest BCUT2D eigenvalue weighted by atomic mass is 15.2. The maximum absolute atomic E-state index is 9.52. The van der Waals surface area contributed by atoms with Gasteiger partial charge in [0.1, 0.15) is 7.05 Å². The largest absolute Gasteiger partial charge is 0.344 e. The molecule has 3 nitrogen and oxygen atoms in total. The fourth-order valence-electron chi connectivity index (χ4n) is 9.63. The van der Waals surface area contributed by atoms with Crippen molar-refractivity contribution in [3.63, 3.8) is 0 Å². The second kappa shape index (κ2) is 12.4. The first kappa shape index (κ1) is 31.1. The van der Waals surface area contributed by atoms with E-state index in [4.69, 9.17) is 0 Å². The second-order valence-corrected chi connectivity index (χ2v) is 14.2. The van der Waals surface area contributed by atoms with Crippen molar-refractivity contribution in [1.29, 1.82) is 5.26 Å². The molecule has 1 aliphatic carbocycles. The normalized spacial score (nSPS) is 20.4. The lowest BCUT2D eigenvalue weighted by molar-refractivity contribution is -0.401. The Morgan fingerprint density at radius 2 is 1.51 bits per heavy atom. The first-order valence-corrected chi connectivity index (χ1v) is 18.0. The Kier molecular flexibility index (Phi) is 7.84. The van der Waals surface area contributed by atoms with Crippen LogP contribution in [0.1, 0.15) is 67.7 Å². The zero-order valence-corrected chi connectivity index (χ0v) is 28.8. The van der Waals surface area contributed by atoms with Gasteiger partial charge in [0.25, 0.3) is 0 Å². The third-order valence-electron chi connectivity index (χ3n) is 11.7. The van der Waals surface area contributed by atoms with Crippen LogP contribution in [0.15, 0.2) is 134 Å². The fourth-order valence-corrected chi connectivity index (χ4v) is 9.63. The highest BCUT2D eigenvalue weighted by Gasteiger charge is 2.51. The van der Waals surface area contributed by atoms with Crippen molar-refractivity contribution in [2.45, 2.75) is 62.7 Å². The number of likely N-dealkylation sites (N-methyl/N-ethyl adjacent to an activating group) is 1. The second-order valence-electron chi connectivity index (χ2n) is 14.2. The highest BCUT2D eigenvalue weighted by Crippen LogP contribution is 2.55. The molecule has 49 heavy (non-hydrogen) atoms. The van der Waals surface area contributed by atoms with E-state index in [1.54, 1.807) is 0 Å². The van der Waals surface area contributed by atoms with Crippen LogP contribution in [0.25, 0.3) is 21.5 Å². The first-order chi connectivity index (χ1) is 24.0. The maximum Gasteiger partial charge on any atom is 0.210 e. The molecule has 242 valence electrons. The number of nitrogens with zero attached hydrogens (tertiary/aromatic N) is 3. The molecule has 0 N–H and O–H groups in total. The molecule has 0 saturated heterocycles. The number of allylic oxidation sites excluding steroid dienone is 5. The highest BCUT2D eigenvalue weighted by molar-refractivity contribution is 6.08. The standard InChI is InChI=1S/C46H44N3/c1-4-28-46(31-33-20-22-34(32-47)23-21-33)42(49(5-2)40-27-25-36-15-8-10-17-38(36)44(40)46)19-13-18-41-45(29-11-6-12-30-45)43-37-16-9-7-14-35(37)24-26-39(43)48(41)3/h4,7-10,13-27H,1,5-6,11-12,28-31H2,2-3H3/q+1. The molecule has 2 aliphatic heterocycles. The lowest BCUT2D eigenvalue weighted by atomic mass is 9.66. The van der Waals surface area contributed by atoms with Crippen LogP contribution in [-0.2, 0) is 17.3 Å². The number of nitriles is 1. The van der Waals surface area contributed by atoms with Gasteiger partial charge in [-0.15, -0.1) is 6.58 Å². The molecular weight excluding hydrogens is 595 g/mol. The molecule has 1 atom stereocenters. The maximum atomic E-state index is 9.52. The summed E-state index contributed by atoms with van der Waals surface area (Å²) in [6, 6.07) is 37.5. The van der Waals surface area contributed by atoms with Gasteiger partial charge in [0, 0.05) is 41.1 Å². The van der Waals surface area contributed by atoms with Crippen LogP contribution >= 0.6 is 0 Å². The van der Waals surface area contributed by atoms with E-state index in [0.29, 0.717) is 5.56 Å². The van der Waals surface area contributed by atoms with E-state index in [1.807, 2.05) is 12.1 Å². The van der Waals surface area contributed by atoms with E-state index in [0.717, 1.165) is 19.4 Å². The van der Waals surface area contributed by atoms with Crippen LogP contribution in [0.3, 0.4) is 0 Å². The lowest BCUT2D eigenvalue weighted by Crippen LogP contribution is -2.36. The molecule has 1 fully saturated rings. The number of fused-ring (bicyclic) bond motifs is 7. The molecule has 5 aromatic carbocycles. The zero-order valence-electron chi connectivity index (χ0n) is 28.8. The summed E-state index contributed by atoms with van der Waals surface area (Å²) in [5.41, 5.74) is 9.88. The van der Waals surface area contributed by atoms with Crippen LogP contribution < -0.4 is 4.90 Å². The van der Waals surface area contributed by atoms with Crippen LogP contribution in [0, 0.1) is 11.3 Å². The number of anilines is 1. The average molecular weight is 639 g/mol. The molecule has 5 aromatic rings. The van der Waals surface area contributed by atoms with Crippen molar-refractivity contribution in [1.82, 2.24) is 0 Å². The summed E-state index contributed by atoms with van der Waals surface area (Å²) in [5, 5.41) is 14.8. The SMILES string of the molecule is C=CCC1(Cc2ccc(C#N)cc2)/C(=C\C=C\C2=[N+](C)c3ccc4ccccc4c3C23CCCCC3)N(CC)c2ccc3ccccc3c21. The smallest absolute Gasteiger partial charge is 0.210 e. The Morgan fingerprint density at radius 1 is 0.837 bits per heavy atom. The van der Waals surface area contributed by atoms with Crippen molar-refractivity contribution < 1.29 is 4.58 Å². The number of benzene rings is 5. The van der Waals surface area contributed by atoms with Gasteiger partial charge in [-0.3, -0.25) is 0 Å². The third-order valence-corrected chi connectivity index (χ3v) is 11.7. The van der Waals surface area contributed by atoms with Crippen molar-refractivity contribution in [2.75, 3.05) is 18.5 Å². The van der Waals surface area contributed by atoms with Crippen LogP contribution in [0.2, 0.25) is 0 Å². The fraction of sp³-hybridized carbons (Fsp3) is 0.261. The van der Waals surface area contributed by atoms with Gasteiger partial charge in [-0.1, -0.05) is 98.1 Å². The monoisotopic (exact) mass is 638 g/mol. The van der Waals surface area contributed by atoms with Gasteiger partial charge in [-0.2, -0.15) is 9.84 Å². The van der Waals surface area contributed by atoms with Gasteiger partial charge in [0.05, 0.1) is 17.0 Å². The molecule has 0 amide bonds. The van der Waals surface area contributed by atoms with E-state index in [2.05, 4.69) is 145 Å².